The standard InChI is InChI=1S/C10H15BrN4/c11-9-6-12-7-15-10(9)14-5-8-3-1-2-4-13-8/h6-8,13H,1-5H2,(H,12,14,15). The molecular formula is C10H15BrN4. The summed E-state index contributed by atoms with van der Waals surface area (Å²) in [5.74, 6) is 0.873. The van der Waals surface area contributed by atoms with Crippen LogP contribution in [0.1, 0.15) is 19.3 Å². The van der Waals surface area contributed by atoms with E-state index in [2.05, 4.69) is 36.5 Å². The number of rotatable bonds is 3. The molecule has 82 valence electrons. The van der Waals surface area contributed by atoms with Crippen molar-refractivity contribution in [2.45, 2.75) is 25.3 Å². The third-order valence-electron chi connectivity index (χ3n) is 2.60. The van der Waals surface area contributed by atoms with E-state index in [4.69, 9.17) is 0 Å². The summed E-state index contributed by atoms with van der Waals surface area (Å²) < 4.78 is 0.917. The zero-order chi connectivity index (χ0) is 10.5. The molecule has 2 N–H and O–H groups in total. The maximum absolute atomic E-state index is 4.17. The zero-order valence-electron chi connectivity index (χ0n) is 8.54. The molecule has 0 saturated carbocycles. The van der Waals surface area contributed by atoms with E-state index in [9.17, 15) is 0 Å². The predicted octanol–water partition coefficient (Wildman–Crippen LogP) is 1.79. The van der Waals surface area contributed by atoms with Crippen LogP contribution < -0.4 is 10.6 Å². The van der Waals surface area contributed by atoms with Gasteiger partial charge in [-0.2, -0.15) is 0 Å². The van der Waals surface area contributed by atoms with Crippen molar-refractivity contribution in [3.05, 3.63) is 17.0 Å². The van der Waals surface area contributed by atoms with Gasteiger partial charge in [-0.05, 0) is 35.3 Å². The van der Waals surface area contributed by atoms with Crippen LogP contribution in [-0.2, 0) is 0 Å². The van der Waals surface area contributed by atoms with Crippen LogP contribution in [0.25, 0.3) is 0 Å². The molecule has 1 aliphatic heterocycles. The first-order valence-electron chi connectivity index (χ1n) is 5.29. The van der Waals surface area contributed by atoms with Crippen LogP contribution in [-0.4, -0.2) is 29.1 Å². The second kappa shape index (κ2) is 5.42. The van der Waals surface area contributed by atoms with E-state index in [-0.39, 0.29) is 0 Å². The molecule has 0 radical (unpaired) electrons. The third-order valence-corrected chi connectivity index (χ3v) is 3.18. The lowest BCUT2D eigenvalue weighted by molar-refractivity contribution is 0.414. The first kappa shape index (κ1) is 10.8. The number of piperidine rings is 1. The molecule has 0 aromatic carbocycles. The number of hydrogen-bond acceptors (Lipinski definition) is 4. The monoisotopic (exact) mass is 270 g/mol. The number of halogens is 1. The van der Waals surface area contributed by atoms with Crippen molar-refractivity contribution in [1.82, 2.24) is 15.3 Å². The van der Waals surface area contributed by atoms with Crippen LogP contribution in [0.3, 0.4) is 0 Å². The van der Waals surface area contributed by atoms with Crippen LogP contribution in [0.2, 0.25) is 0 Å². The minimum Gasteiger partial charge on any atom is -0.367 e. The number of nitrogens with one attached hydrogen (secondary N) is 2. The molecule has 1 aromatic heterocycles. The zero-order valence-corrected chi connectivity index (χ0v) is 10.1. The number of nitrogens with zero attached hydrogens (tertiary/aromatic N) is 2. The fourth-order valence-corrected chi connectivity index (χ4v) is 2.12. The van der Waals surface area contributed by atoms with Gasteiger partial charge in [0.2, 0.25) is 0 Å². The second-order valence-electron chi connectivity index (χ2n) is 3.75. The van der Waals surface area contributed by atoms with Gasteiger partial charge in [0, 0.05) is 18.8 Å². The topological polar surface area (TPSA) is 49.8 Å². The molecule has 0 amide bonds. The summed E-state index contributed by atoms with van der Waals surface area (Å²) in [5.41, 5.74) is 0. The molecule has 5 heteroatoms. The fourth-order valence-electron chi connectivity index (χ4n) is 1.76. The molecule has 0 aliphatic carbocycles. The summed E-state index contributed by atoms with van der Waals surface area (Å²) in [5, 5.41) is 6.81. The summed E-state index contributed by atoms with van der Waals surface area (Å²) in [6, 6.07) is 0.570. The van der Waals surface area contributed by atoms with E-state index in [1.165, 1.54) is 19.3 Å². The highest BCUT2D eigenvalue weighted by Gasteiger charge is 2.12. The van der Waals surface area contributed by atoms with Crippen molar-refractivity contribution in [2.75, 3.05) is 18.4 Å². The van der Waals surface area contributed by atoms with Crippen LogP contribution >= 0.6 is 15.9 Å². The maximum Gasteiger partial charge on any atom is 0.143 e. The molecule has 1 unspecified atom stereocenters. The van der Waals surface area contributed by atoms with E-state index in [0.29, 0.717) is 6.04 Å². The molecule has 1 atom stereocenters. The van der Waals surface area contributed by atoms with Gasteiger partial charge < -0.3 is 10.6 Å². The molecule has 1 saturated heterocycles. The quantitative estimate of drug-likeness (QED) is 0.880. The van der Waals surface area contributed by atoms with Crippen molar-refractivity contribution in [3.8, 4) is 0 Å². The van der Waals surface area contributed by atoms with Gasteiger partial charge in [0.05, 0.1) is 4.47 Å². The second-order valence-corrected chi connectivity index (χ2v) is 4.60. The maximum atomic E-state index is 4.17. The molecule has 0 bridgehead atoms. The Morgan fingerprint density at radius 3 is 3.20 bits per heavy atom. The SMILES string of the molecule is Brc1cncnc1NCC1CCCCN1. The third kappa shape index (κ3) is 3.14. The Labute approximate surface area is 98.0 Å². The van der Waals surface area contributed by atoms with Gasteiger partial charge in [0.25, 0.3) is 0 Å². The molecule has 0 spiro atoms. The largest absolute Gasteiger partial charge is 0.367 e. The van der Waals surface area contributed by atoms with Crippen molar-refractivity contribution in [2.24, 2.45) is 0 Å². The predicted molar refractivity (Wildman–Crippen MR) is 63.9 cm³/mol. The van der Waals surface area contributed by atoms with Gasteiger partial charge in [0.15, 0.2) is 0 Å². The number of anilines is 1. The highest BCUT2D eigenvalue weighted by Crippen LogP contribution is 2.17. The Morgan fingerprint density at radius 1 is 1.53 bits per heavy atom. The van der Waals surface area contributed by atoms with Crippen molar-refractivity contribution >= 4 is 21.7 Å². The van der Waals surface area contributed by atoms with E-state index >= 15 is 0 Å². The minimum atomic E-state index is 0.570. The molecule has 2 heterocycles. The Morgan fingerprint density at radius 2 is 2.47 bits per heavy atom. The van der Waals surface area contributed by atoms with Crippen LogP contribution in [0.4, 0.5) is 5.82 Å². The Hall–Kier alpha value is -0.680. The van der Waals surface area contributed by atoms with Crippen molar-refractivity contribution in [1.29, 1.82) is 0 Å². The lowest BCUT2D eigenvalue weighted by Gasteiger charge is -2.23. The van der Waals surface area contributed by atoms with Crippen molar-refractivity contribution in [3.63, 3.8) is 0 Å². The molecule has 1 fully saturated rings. The van der Waals surface area contributed by atoms with Crippen LogP contribution in [0, 0.1) is 0 Å². The molecule has 4 nitrogen and oxygen atoms in total. The molecule has 2 rings (SSSR count). The number of hydrogen-bond donors (Lipinski definition) is 2. The van der Waals surface area contributed by atoms with E-state index in [0.717, 1.165) is 23.4 Å². The summed E-state index contributed by atoms with van der Waals surface area (Å²) in [6.45, 7) is 2.06. The van der Waals surface area contributed by atoms with E-state index in [1.54, 1.807) is 12.5 Å². The Balaban J connectivity index is 1.84. The smallest absolute Gasteiger partial charge is 0.143 e. The highest BCUT2D eigenvalue weighted by atomic mass is 79.9. The molecule has 1 aliphatic rings. The Bertz CT molecular complexity index is 312. The first-order chi connectivity index (χ1) is 7.36. The van der Waals surface area contributed by atoms with Crippen LogP contribution in [0.15, 0.2) is 17.0 Å². The summed E-state index contributed by atoms with van der Waals surface area (Å²) in [7, 11) is 0. The molecule has 1 aromatic rings. The lowest BCUT2D eigenvalue weighted by atomic mass is 10.1. The molecule has 15 heavy (non-hydrogen) atoms. The van der Waals surface area contributed by atoms with E-state index < -0.39 is 0 Å². The van der Waals surface area contributed by atoms with Gasteiger partial charge in [-0.25, -0.2) is 9.97 Å². The van der Waals surface area contributed by atoms with Crippen molar-refractivity contribution < 1.29 is 0 Å². The first-order valence-corrected chi connectivity index (χ1v) is 6.08. The number of aromatic nitrogens is 2. The highest BCUT2D eigenvalue weighted by molar-refractivity contribution is 9.10. The summed E-state index contributed by atoms with van der Waals surface area (Å²) >= 11 is 3.41. The van der Waals surface area contributed by atoms with Gasteiger partial charge in [-0.15, -0.1) is 0 Å². The van der Waals surface area contributed by atoms with Gasteiger partial charge in [-0.1, -0.05) is 6.42 Å². The van der Waals surface area contributed by atoms with Gasteiger partial charge in [-0.3, -0.25) is 0 Å². The summed E-state index contributed by atoms with van der Waals surface area (Å²) in [4.78, 5) is 8.09. The van der Waals surface area contributed by atoms with Gasteiger partial charge >= 0.3 is 0 Å². The molecular weight excluding hydrogens is 256 g/mol. The lowest BCUT2D eigenvalue weighted by Crippen LogP contribution is -2.39. The van der Waals surface area contributed by atoms with E-state index in [1.807, 2.05) is 0 Å². The fraction of sp³-hybridized carbons (Fsp3) is 0.600. The van der Waals surface area contributed by atoms with Crippen LogP contribution in [0.5, 0.6) is 0 Å². The average Bonchev–Trinajstić information content (AvgIpc) is 2.29. The Kier molecular flexibility index (Phi) is 3.91. The average molecular weight is 271 g/mol. The van der Waals surface area contributed by atoms with Gasteiger partial charge in [0.1, 0.15) is 12.1 Å². The minimum absolute atomic E-state index is 0.570. The normalized spacial score (nSPS) is 21.3. The summed E-state index contributed by atoms with van der Waals surface area (Å²) in [6.07, 6.45) is 7.18.